The minimum atomic E-state index is -0.742. The van der Waals surface area contributed by atoms with Gasteiger partial charge in [-0.05, 0) is 39.0 Å². The highest BCUT2D eigenvalue weighted by molar-refractivity contribution is 5.81. The molecular formula is C17H27NO4. The second kappa shape index (κ2) is 6.99. The molecule has 124 valence electrons. The molecule has 0 aromatic carbocycles. The highest BCUT2D eigenvalue weighted by atomic mass is 16.6. The van der Waals surface area contributed by atoms with Crippen LogP contribution >= 0.6 is 0 Å². The largest absolute Gasteiger partial charge is 0.467 e. The Balaban J connectivity index is 2.74. The minimum absolute atomic E-state index is 0.0523. The smallest absolute Gasteiger partial charge is 0.408 e. The van der Waals surface area contributed by atoms with E-state index in [0.29, 0.717) is 6.42 Å². The van der Waals surface area contributed by atoms with Gasteiger partial charge in [-0.2, -0.15) is 0 Å². The first-order chi connectivity index (χ1) is 10.0. The van der Waals surface area contributed by atoms with E-state index in [1.807, 2.05) is 12.2 Å². The molecule has 0 radical (unpaired) electrons. The number of esters is 1. The van der Waals surface area contributed by atoms with E-state index in [2.05, 4.69) is 25.2 Å². The van der Waals surface area contributed by atoms with Gasteiger partial charge in [-0.15, -0.1) is 0 Å². The van der Waals surface area contributed by atoms with Gasteiger partial charge in [0.25, 0.3) is 0 Å². The number of nitrogens with one attached hydrogen (secondary N) is 1. The highest BCUT2D eigenvalue weighted by Gasteiger charge is 2.28. The standard InChI is InChI=1S/C17H27NO4/c1-16(2,3)22-15(20)18-13(14(19)21-6)10-12-8-7-9-17(4,5)11-12/h7-9,13H,10-11H2,1-6H3,(H,18,20). The third-order valence-electron chi connectivity index (χ3n) is 3.20. The van der Waals surface area contributed by atoms with Crippen molar-refractivity contribution in [2.75, 3.05) is 7.11 Å². The van der Waals surface area contributed by atoms with E-state index in [4.69, 9.17) is 9.47 Å². The summed E-state index contributed by atoms with van der Waals surface area (Å²) in [5, 5.41) is 2.60. The predicted octanol–water partition coefficient (Wildman–Crippen LogP) is 3.36. The Morgan fingerprint density at radius 1 is 1.36 bits per heavy atom. The van der Waals surface area contributed by atoms with Crippen molar-refractivity contribution in [1.82, 2.24) is 5.32 Å². The van der Waals surface area contributed by atoms with E-state index in [1.54, 1.807) is 20.8 Å². The number of amides is 1. The van der Waals surface area contributed by atoms with Crippen LogP contribution in [0.15, 0.2) is 23.8 Å². The Bertz CT molecular complexity index is 483. The van der Waals surface area contributed by atoms with Crippen molar-refractivity contribution < 1.29 is 19.1 Å². The number of alkyl carbamates (subject to hydrolysis) is 1. The average Bonchev–Trinajstić information content (AvgIpc) is 2.33. The summed E-state index contributed by atoms with van der Waals surface area (Å²) >= 11 is 0. The maximum atomic E-state index is 11.9. The second-order valence-electron chi connectivity index (χ2n) is 7.28. The third-order valence-corrected chi connectivity index (χ3v) is 3.20. The number of hydrogen-bond acceptors (Lipinski definition) is 4. The maximum Gasteiger partial charge on any atom is 0.408 e. The van der Waals surface area contributed by atoms with E-state index < -0.39 is 23.7 Å². The van der Waals surface area contributed by atoms with Crippen molar-refractivity contribution in [1.29, 1.82) is 0 Å². The second-order valence-corrected chi connectivity index (χ2v) is 7.28. The van der Waals surface area contributed by atoms with E-state index in [-0.39, 0.29) is 5.41 Å². The lowest BCUT2D eigenvalue weighted by atomic mass is 9.80. The summed E-state index contributed by atoms with van der Waals surface area (Å²) in [7, 11) is 1.31. The number of methoxy groups -OCH3 is 1. The highest BCUT2D eigenvalue weighted by Crippen LogP contribution is 2.32. The Hall–Kier alpha value is -1.78. The van der Waals surface area contributed by atoms with Crippen LogP contribution in [0.25, 0.3) is 0 Å². The monoisotopic (exact) mass is 309 g/mol. The molecule has 5 heteroatoms. The first-order valence-corrected chi connectivity index (χ1v) is 7.47. The van der Waals surface area contributed by atoms with Crippen LogP contribution in [0.4, 0.5) is 4.79 Å². The van der Waals surface area contributed by atoms with Gasteiger partial charge in [0.15, 0.2) is 0 Å². The lowest BCUT2D eigenvalue weighted by molar-refractivity contribution is -0.143. The molecule has 1 aliphatic rings. The van der Waals surface area contributed by atoms with E-state index in [9.17, 15) is 9.59 Å². The molecule has 0 aromatic rings. The first kappa shape index (κ1) is 18.3. The Kier molecular flexibility index (Phi) is 5.80. The summed E-state index contributed by atoms with van der Waals surface area (Å²) in [5.74, 6) is -0.473. The summed E-state index contributed by atoms with van der Waals surface area (Å²) in [5.41, 5.74) is 0.537. The number of allylic oxidation sites excluding steroid dienone is 3. The summed E-state index contributed by atoms with van der Waals surface area (Å²) in [6.45, 7) is 9.58. The number of hydrogen-bond donors (Lipinski definition) is 1. The SMILES string of the molecule is COC(=O)C(CC1=CC=CC(C)(C)C1)NC(=O)OC(C)(C)C. The summed E-state index contributed by atoms with van der Waals surface area (Å²) in [6, 6.07) is -0.742. The van der Waals surface area contributed by atoms with E-state index in [1.165, 1.54) is 7.11 Å². The topological polar surface area (TPSA) is 64.6 Å². The van der Waals surface area contributed by atoms with Gasteiger partial charge in [0, 0.05) is 0 Å². The molecule has 1 aliphatic carbocycles. The number of carbonyl (C=O) groups excluding carboxylic acids is 2. The molecule has 0 aliphatic heterocycles. The molecule has 1 amide bonds. The molecule has 0 bridgehead atoms. The number of ether oxygens (including phenoxy) is 2. The molecular weight excluding hydrogens is 282 g/mol. The number of rotatable bonds is 4. The molecule has 0 spiro atoms. The lowest BCUT2D eigenvalue weighted by Gasteiger charge is -2.27. The molecule has 0 aromatic heterocycles. The fourth-order valence-corrected chi connectivity index (χ4v) is 2.34. The molecule has 1 unspecified atom stereocenters. The van der Waals surface area contributed by atoms with Gasteiger partial charge in [0.05, 0.1) is 7.11 Å². The van der Waals surface area contributed by atoms with Crippen LogP contribution in [0.2, 0.25) is 0 Å². The molecule has 5 nitrogen and oxygen atoms in total. The molecule has 1 N–H and O–H groups in total. The van der Waals surface area contributed by atoms with Crippen molar-refractivity contribution in [3.8, 4) is 0 Å². The zero-order valence-corrected chi connectivity index (χ0v) is 14.4. The average molecular weight is 309 g/mol. The number of carbonyl (C=O) groups is 2. The van der Waals surface area contributed by atoms with Crippen LogP contribution in [0.3, 0.4) is 0 Å². The zero-order chi connectivity index (χ0) is 17.0. The molecule has 0 fully saturated rings. The van der Waals surface area contributed by atoms with Crippen molar-refractivity contribution in [3.63, 3.8) is 0 Å². The Morgan fingerprint density at radius 2 is 2.00 bits per heavy atom. The van der Waals surface area contributed by atoms with Crippen molar-refractivity contribution in [2.24, 2.45) is 5.41 Å². The van der Waals surface area contributed by atoms with Gasteiger partial charge in [-0.3, -0.25) is 0 Å². The van der Waals surface area contributed by atoms with Crippen LogP contribution in [-0.4, -0.2) is 30.8 Å². The quantitative estimate of drug-likeness (QED) is 0.809. The maximum absolute atomic E-state index is 11.9. The van der Waals surface area contributed by atoms with E-state index in [0.717, 1.165) is 12.0 Å². The zero-order valence-electron chi connectivity index (χ0n) is 14.4. The normalized spacial score (nSPS) is 18.2. The van der Waals surface area contributed by atoms with Crippen molar-refractivity contribution >= 4 is 12.1 Å². The molecule has 1 rings (SSSR count). The lowest BCUT2D eigenvalue weighted by Crippen LogP contribution is -2.44. The summed E-state index contributed by atoms with van der Waals surface area (Å²) < 4.78 is 9.98. The third kappa shape index (κ3) is 6.33. The molecule has 1 atom stereocenters. The van der Waals surface area contributed by atoms with Crippen LogP contribution in [-0.2, 0) is 14.3 Å². The molecule has 22 heavy (non-hydrogen) atoms. The van der Waals surface area contributed by atoms with Crippen molar-refractivity contribution in [3.05, 3.63) is 23.8 Å². The summed E-state index contributed by atoms with van der Waals surface area (Å²) in [6.07, 6.45) is 6.74. The minimum Gasteiger partial charge on any atom is -0.467 e. The fourth-order valence-electron chi connectivity index (χ4n) is 2.34. The van der Waals surface area contributed by atoms with Crippen LogP contribution in [0.1, 0.15) is 47.5 Å². The Labute approximate surface area is 132 Å². The van der Waals surface area contributed by atoms with Crippen LogP contribution in [0.5, 0.6) is 0 Å². The predicted molar refractivity (Wildman–Crippen MR) is 85.4 cm³/mol. The van der Waals surface area contributed by atoms with E-state index >= 15 is 0 Å². The summed E-state index contributed by atoms with van der Waals surface area (Å²) in [4.78, 5) is 23.8. The van der Waals surface area contributed by atoms with Gasteiger partial charge in [0.1, 0.15) is 11.6 Å². The van der Waals surface area contributed by atoms with Crippen molar-refractivity contribution in [2.45, 2.75) is 59.1 Å². The Morgan fingerprint density at radius 3 is 2.50 bits per heavy atom. The first-order valence-electron chi connectivity index (χ1n) is 7.47. The fraction of sp³-hybridized carbons (Fsp3) is 0.647. The molecule has 0 heterocycles. The van der Waals surface area contributed by atoms with Gasteiger partial charge in [0.2, 0.25) is 0 Å². The van der Waals surface area contributed by atoms with Gasteiger partial charge < -0.3 is 14.8 Å². The van der Waals surface area contributed by atoms with Gasteiger partial charge in [-0.25, -0.2) is 9.59 Å². The van der Waals surface area contributed by atoms with Gasteiger partial charge >= 0.3 is 12.1 Å². The van der Waals surface area contributed by atoms with Crippen LogP contribution < -0.4 is 5.32 Å². The van der Waals surface area contributed by atoms with Crippen LogP contribution in [0, 0.1) is 5.41 Å². The van der Waals surface area contributed by atoms with Gasteiger partial charge in [-0.1, -0.05) is 37.6 Å². The molecule has 0 saturated heterocycles. The molecule has 0 saturated carbocycles.